The first-order valence-electron chi connectivity index (χ1n) is 5.87. The average molecular weight is 385 g/mol. The summed E-state index contributed by atoms with van der Waals surface area (Å²) in [6.07, 6.45) is 0. The van der Waals surface area contributed by atoms with Crippen LogP contribution in [0.2, 0.25) is 0 Å². The molecule has 0 bridgehead atoms. The number of nitrogens with zero attached hydrogens (tertiary/aromatic N) is 1. The number of hydrogen-bond acceptors (Lipinski definition) is 3. The summed E-state index contributed by atoms with van der Waals surface area (Å²) in [6.45, 7) is 0.318. The average Bonchev–Trinajstić information content (AvgIpc) is 2.47. The first kappa shape index (κ1) is 14.6. The molecular formula is C14H13FIN3O. The molecule has 4 N–H and O–H groups in total. The number of nitrogens with one attached hydrogen (secondary N) is 1. The van der Waals surface area contributed by atoms with E-state index in [2.05, 4.69) is 33.1 Å². The lowest BCUT2D eigenvalue weighted by Crippen LogP contribution is -2.16. The van der Waals surface area contributed by atoms with Crippen molar-refractivity contribution < 1.29 is 9.60 Å². The number of amidine groups is 1. The number of benzene rings is 2. The van der Waals surface area contributed by atoms with Crippen molar-refractivity contribution in [3.8, 4) is 0 Å². The highest BCUT2D eigenvalue weighted by Gasteiger charge is 2.11. The third-order valence-corrected chi connectivity index (χ3v) is 3.75. The summed E-state index contributed by atoms with van der Waals surface area (Å²) in [4.78, 5) is 0. The maximum absolute atomic E-state index is 14.2. The Kier molecular flexibility index (Phi) is 4.78. The topological polar surface area (TPSA) is 70.6 Å². The molecule has 0 aliphatic rings. The van der Waals surface area contributed by atoms with Gasteiger partial charge in [-0.3, -0.25) is 0 Å². The maximum Gasteiger partial charge on any atom is 0.173 e. The van der Waals surface area contributed by atoms with Crippen LogP contribution in [0, 0.1) is 9.39 Å². The van der Waals surface area contributed by atoms with Gasteiger partial charge >= 0.3 is 0 Å². The van der Waals surface area contributed by atoms with Gasteiger partial charge < -0.3 is 16.3 Å². The van der Waals surface area contributed by atoms with E-state index in [1.807, 2.05) is 24.3 Å². The summed E-state index contributed by atoms with van der Waals surface area (Å²) in [7, 11) is 0. The van der Waals surface area contributed by atoms with E-state index >= 15 is 0 Å². The Bertz CT molecular complexity index is 646. The lowest BCUT2D eigenvalue weighted by molar-refractivity contribution is 0.318. The van der Waals surface area contributed by atoms with E-state index in [0.717, 1.165) is 9.26 Å². The van der Waals surface area contributed by atoms with Crippen LogP contribution in [0.5, 0.6) is 0 Å². The monoisotopic (exact) mass is 385 g/mol. The molecule has 4 nitrogen and oxygen atoms in total. The second-order valence-corrected chi connectivity index (χ2v) is 5.26. The van der Waals surface area contributed by atoms with Gasteiger partial charge in [-0.15, -0.1) is 0 Å². The summed E-state index contributed by atoms with van der Waals surface area (Å²) >= 11 is 2.21. The third kappa shape index (κ3) is 3.19. The van der Waals surface area contributed by atoms with Crippen molar-refractivity contribution in [2.24, 2.45) is 10.9 Å². The van der Waals surface area contributed by atoms with Crippen molar-refractivity contribution in [3.63, 3.8) is 0 Å². The van der Waals surface area contributed by atoms with Crippen molar-refractivity contribution in [1.82, 2.24) is 0 Å². The highest BCUT2D eigenvalue weighted by molar-refractivity contribution is 14.1. The molecule has 0 radical (unpaired) electrons. The smallest absolute Gasteiger partial charge is 0.173 e. The number of halogens is 2. The first-order valence-corrected chi connectivity index (χ1v) is 6.95. The molecule has 2 rings (SSSR count). The normalized spacial score (nSPS) is 11.4. The highest BCUT2D eigenvalue weighted by atomic mass is 127. The van der Waals surface area contributed by atoms with Crippen LogP contribution in [-0.2, 0) is 6.54 Å². The molecule has 6 heteroatoms. The lowest BCUT2D eigenvalue weighted by Gasteiger charge is -2.11. The summed E-state index contributed by atoms with van der Waals surface area (Å²) in [5.74, 6) is -0.722. The zero-order chi connectivity index (χ0) is 14.5. The van der Waals surface area contributed by atoms with Gasteiger partial charge in [-0.1, -0.05) is 29.4 Å². The molecule has 20 heavy (non-hydrogen) atoms. The molecule has 0 aliphatic heterocycles. The number of hydrogen-bond donors (Lipinski definition) is 3. The Morgan fingerprint density at radius 1 is 1.25 bits per heavy atom. The zero-order valence-corrected chi connectivity index (χ0v) is 12.6. The zero-order valence-electron chi connectivity index (χ0n) is 10.5. The van der Waals surface area contributed by atoms with Gasteiger partial charge in [0.05, 0.1) is 5.56 Å². The molecule has 0 fully saturated rings. The molecule has 0 saturated carbocycles. The van der Waals surface area contributed by atoms with Crippen LogP contribution in [0.15, 0.2) is 47.6 Å². The van der Waals surface area contributed by atoms with Crippen molar-refractivity contribution in [2.45, 2.75) is 6.54 Å². The second kappa shape index (κ2) is 6.56. The SMILES string of the molecule is N/C(=N/O)c1cccc(CNc2ccccc2I)c1F. The minimum absolute atomic E-state index is 0.0922. The largest absolute Gasteiger partial charge is 0.409 e. The van der Waals surface area contributed by atoms with E-state index in [-0.39, 0.29) is 11.4 Å². The van der Waals surface area contributed by atoms with Crippen molar-refractivity contribution in [3.05, 3.63) is 63.0 Å². The molecule has 104 valence electrons. The number of oxime groups is 1. The standard InChI is InChI=1S/C14H13FIN3O/c15-13-9(4-3-5-10(13)14(17)19-20)8-18-12-7-2-1-6-11(12)16/h1-7,18,20H,8H2,(H2,17,19). The molecule has 0 unspecified atom stereocenters. The molecule has 0 aromatic heterocycles. The second-order valence-electron chi connectivity index (χ2n) is 4.10. The Morgan fingerprint density at radius 3 is 2.70 bits per heavy atom. The summed E-state index contributed by atoms with van der Waals surface area (Å²) in [5.41, 5.74) is 6.91. The van der Waals surface area contributed by atoms with Gasteiger partial charge in [-0.2, -0.15) is 0 Å². The van der Waals surface area contributed by atoms with Crippen LogP contribution in [0.1, 0.15) is 11.1 Å². The summed E-state index contributed by atoms with van der Waals surface area (Å²) in [5, 5.41) is 14.6. The predicted octanol–water partition coefficient (Wildman–Crippen LogP) is 3.14. The fourth-order valence-electron chi connectivity index (χ4n) is 1.76. The van der Waals surface area contributed by atoms with Gasteiger partial charge in [0.1, 0.15) is 5.82 Å². The molecule has 2 aromatic rings. The quantitative estimate of drug-likeness (QED) is 0.249. The summed E-state index contributed by atoms with van der Waals surface area (Å²) < 4.78 is 15.3. The number of rotatable bonds is 4. The fraction of sp³-hybridized carbons (Fsp3) is 0.0714. The van der Waals surface area contributed by atoms with Gasteiger partial charge in [0.15, 0.2) is 5.84 Å². The number of para-hydroxylation sites is 1. The van der Waals surface area contributed by atoms with E-state index in [1.165, 1.54) is 6.07 Å². The van der Waals surface area contributed by atoms with Gasteiger partial charge in [-0.25, -0.2) is 4.39 Å². The van der Waals surface area contributed by atoms with Gasteiger partial charge in [0.25, 0.3) is 0 Å². The first-order chi connectivity index (χ1) is 9.63. The molecular weight excluding hydrogens is 372 g/mol. The number of anilines is 1. The van der Waals surface area contributed by atoms with Gasteiger partial charge in [-0.05, 0) is 40.8 Å². The van der Waals surface area contributed by atoms with Crippen LogP contribution in [0.3, 0.4) is 0 Å². The van der Waals surface area contributed by atoms with E-state index < -0.39 is 5.82 Å². The van der Waals surface area contributed by atoms with E-state index in [4.69, 9.17) is 10.9 Å². The Hall–Kier alpha value is -1.83. The molecule has 0 amide bonds. The van der Waals surface area contributed by atoms with Crippen LogP contribution >= 0.6 is 22.6 Å². The minimum Gasteiger partial charge on any atom is -0.409 e. The molecule has 2 aromatic carbocycles. The predicted molar refractivity (Wildman–Crippen MR) is 85.4 cm³/mol. The summed E-state index contributed by atoms with van der Waals surface area (Å²) in [6, 6.07) is 12.5. The van der Waals surface area contributed by atoms with E-state index in [0.29, 0.717) is 12.1 Å². The molecule has 0 heterocycles. The van der Waals surface area contributed by atoms with Crippen molar-refractivity contribution in [2.75, 3.05) is 5.32 Å². The van der Waals surface area contributed by atoms with Crippen LogP contribution in [-0.4, -0.2) is 11.0 Å². The Labute approximate surface area is 129 Å². The number of nitrogens with two attached hydrogens (primary N) is 1. The van der Waals surface area contributed by atoms with Gasteiger partial charge in [0.2, 0.25) is 0 Å². The third-order valence-electron chi connectivity index (χ3n) is 2.81. The van der Waals surface area contributed by atoms with Crippen LogP contribution < -0.4 is 11.1 Å². The fourth-order valence-corrected chi connectivity index (χ4v) is 2.34. The molecule has 0 aliphatic carbocycles. The van der Waals surface area contributed by atoms with E-state index in [1.54, 1.807) is 12.1 Å². The molecule has 0 saturated heterocycles. The minimum atomic E-state index is -0.485. The van der Waals surface area contributed by atoms with Crippen molar-refractivity contribution >= 4 is 34.1 Å². The van der Waals surface area contributed by atoms with E-state index in [9.17, 15) is 4.39 Å². The lowest BCUT2D eigenvalue weighted by atomic mass is 10.1. The molecule has 0 spiro atoms. The van der Waals surface area contributed by atoms with Crippen LogP contribution in [0.4, 0.5) is 10.1 Å². The Morgan fingerprint density at radius 2 is 2.00 bits per heavy atom. The Balaban J connectivity index is 2.21. The van der Waals surface area contributed by atoms with Gasteiger partial charge in [0, 0.05) is 21.4 Å². The van der Waals surface area contributed by atoms with Crippen LogP contribution in [0.25, 0.3) is 0 Å². The highest BCUT2D eigenvalue weighted by Crippen LogP contribution is 2.19. The molecule has 0 atom stereocenters. The maximum atomic E-state index is 14.2. The van der Waals surface area contributed by atoms with Crippen molar-refractivity contribution in [1.29, 1.82) is 0 Å².